The molecule has 0 saturated carbocycles. The van der Waals surface area contributed by atoms with E-state index in [-0.39, 0.29) is 18.1 Å². The lowest BCUT2D eigenvalue weighted by Crippen LogP contribution is -2.17. The van der Waals surface area contributed by atoms with E-state index in [0.29, 0.717) is 34.5 Å². The van der Waals surface area contributed by atoms with Gasteiger partial charge < -0.3 is 15.8 Å². The Kier molecular flexibility index (Phi) is 6.19. The molecule has 7 nitrogen and oxygen atoms in total. The Labute approximate surface area is 185 Å². The van der Waals surface area contributed by atoms with E-state index in [1.54, 1.807) is 24.3 Å². The summed E-state index contributed by atoms with van der Waals surface area (Å²) in [6.07, 6.45) is 0.0502. The number of carbonyl (C=O) groups is 2. The van der Waals surface area contributed by atoms with Crippen LogP contribution in [0, 0.1) is 0 Å². The summed E-state index contributed by atoms with van der Waals surface area (Å²) in [6, 6.07) is 22.1. The maximum absolute atomic E-state index is 13.3. The largest absolute Gasteiger partial charge is 0.469 e. The van der Waals surface area contributed by atoms with Crippen molar-refractivity contribution in [3.8, 4) is 11.4 Å². The number of hydrogen-bond acceptors (Lipinski definition) is 6. The van der Waals surface area contributed by atoms with E-state index >= 15 is 0 Å². The highest BCUT2D eigenvalue weighted by atomic mass is 16.5. The third-order valence-electron chi connectivity index (χ3n) is 5.07. The molecule has 4 rings (SSSR count). The lowest BCUT2D eigenvalue weighted by Gasteiger charge is -2.12. The maximum Gasteiger partial charge on any atom is 0.310 e. The van der Waals surface area contributed by atoms with Gasteiger partial charge in [-0.15, -0.1) is 0 Å². The molecule has 1 heterocycles. The summed E-state index contributed by atoms with van der Waals surface area (Å²) >= 11 is 0. The average Bonchev–Trinajstić information content (AvgIpc) is 2.84. The monoisotopic (exact) mass is 426 g/mol. The van der Waals surface area contributed by atoms with Gasteiger partial charge in [0.25, 0.3) is 5.91 Å². The second-order valence-corrected chi connectivity index (χ2v) is 7.18. The Hall–Kier alpha value is -4.10. The number of nitrogens with zero attached hydrogens (tertiary/aromatic N) is 2. The predicted molar refractivity (Wildman–Crippen MR) is 123 cm³/mol. The van der Waals surface area contributed by atoms with E-state index in [0.717, 1.165) is 11.1 Å². The molecular formula is C25H22N4O3. The molecule has 0 aliphatic carbocycles. The van der Waals surface area contributed by atoms with Crippen molar-refractivity contribution in [2.45, 2.75) is 13.0 Å². The second kappa shape index (κ2) is 9.36. The van der Waals surface area contributed by atoms with Crippen LogP contribution < -0.4 is 11.1 Å². The van der Waals surface area contributed by atoms with Gasteiger partial charge in [-0.1, -0.05) is 54.6 Å². The maximum atomic E-state index is 13.3. The molecule has 3 N–H and O–H groups in total. The molecule has 4 aromatic rings. The number of fused-ring (bicyclic) bond motifs is 1. The summed E-state index contributed by atoms with van der Waals surface area (Å²) in [5.74, 6) is -0.342. The van der Waals surface area contributed by atoms with Gasteiger partial charge in [0.15, 0.2) is 5.82 Å². The molecule has 7 heteroatoms. The molecule has 160 valence electrons. The number of nitrogens with two attached hydrogens (primary N) is 1. The van der Waals surface area contributed by atoms with Gasteiger partial charge in [-0.25, -0.2) is 9.97 Å². The number of benzene rings is 3. The number of amides is 1. The van der Waals surface area contributed by atoms with Crippen LogP contribution in [0.25, 0.3) is 22.3 Å². The van der Waals surface area contributed by atoms with Crippen LogP contribution in [0.1, 0.15) is 21.6 Å². The Morgan fingerprint density at radius 2 is 1.75 bits per heavy atom. The highest BCUT2D eigenvalue weighted by molar-refractivity contribution is 6.11. The fourth-order valence-corrected chi connectivity index (χ4v) is 3.42. The zero-order valence-electron chi connectivity index (χ0n) is 17.5. The molecule has 0 aliphatic heterocycles. The van der Waals surface area contributed by atoms with Crippen LogP contribution in [0.3, 0.4) is 0 Å². The van der Waals surface area contributed by atoms with Gasteiger partial charge in [-0.3, -0.25) is 9.59 Å². The summed E-state index contributed by atoms with van der Waals surface area (Å²) in [6.45, 7) is 0.395. The van der Waals surface area contributed by atoms with Crippen LogP contribution in [-0.4, -0.2) is 29.0 Å². The van der Waals surface area contributed by atoms with Crippen LogP contribution in [0.15, 0.2) is 72.8 Å². The van der Waals surface area contributed by atoms with E-state index in [1.807, 2.05) is 48.5 Å². The Morgan fingerprint density at radius 3 is 2.56 bits per heavy atom. The minimum atomic E-state index is -0.392. The number of para-hydroxylation sites is 2. The van der Waals surface area contributed by atoms with Gasteiger partial charge in [-0.2, -0.15) is 0 Å². The quantitative estimate of drug-likeness (QED) is 0.455. The first kappa shape index (κ1) is 21.1. The van der Waals surface area contributed by atoms with Gasteiger partial charge >= 0.3 is 5.97 Å². The van der Waals surface area contributed by atoms with Crippen molar-refractivity contribution in [1.29, 1.82) is 0 Å². The number of anilines is 1. The Morgan fingerprint density at radius 1 is 0.969 bits per heavy atom. The van der Waals surface area contributed by atoms with Gasteiger partial charge in [0.2, 0.25) is 0 Å². The van der Waals surface area contributed by atoms with Gasteiger partial charge in [0.1, 0.15) is 5.69 Å². The Balaban J connectivity index is 1.76. The summed E-state index contributed by atoms with van der Waals surface area (Å²) in [4.78, 5) is 34.3. The SMILES string of the molecule is COC(=O)Cc1ccccc1NC(=O)c1nc(-c2cccc(CN)c2)nc2ccccc12. The van der Waals surface area contributed by atoms with Crippen LogP contribution in [-0.2, 0) is 22.5 Å². The van der Waals surface area contributed by atoms with E-state index < -0.39 is 5.91 Å². The Bertz CT molecular complexity index is 1300. The third-order valence-corrected chi connectivity index (χ3v) is 5.07. The van der Waals surface area contributed by atoms with E-state index in [2.05, 4.69) is 15.3 Å². The van der Waals surface area contributed by atoms with Crippen molar-refractivity contribution >= 4 is 28.5 Å². The second-order valence-electron chi connectivity index (χ2n) is 7.18. The highest BCUT2D eigenvalue weighted by Gasteiger charge is 2.18. The standard InChI is InChI=1S/C25H22N4O3/c1-32-22(30)14-17-8-2-4-11-20(17)28-25(31)23-19-10-3-5-12-21(19)27-24(29-23)18-9-6-7-16(13-18)15-26/h2-13H,14-15,26H2,1H3,(H,28,31). The number of ether oxygens (including phenoxy) is 1. The third kappa shape index (κ3) is 4.48. The van der Waals surface area contributed by atoms with E-state index in [1.165, 1.54) is 7.11 Å². The first-order valence-corrected chi connectivity index (χ1v) is 10.1. The minimum Gasteiger partial charge on any atom is -0.469 e. The summed E-state index contributed by atoms with van der Waals surface area (Å²) < 4.78 is 4.76. The lowest BCUT2D eigenvalue weighted by molar-refractivity contribution is -0.139. The molecule has 32 heavy (non-hydrogen) atoms. The van der Waals surface area contributed by atoms with Crippen molar-refractivity contribution in [1.82, 2.24) is 9.97 Å². The molecule has 0 spiro atoms. The molecule has 1 aromatic heterocycles. The number of nitrogens with one attached hydrogen (secondary N) is 1. The number of methoxy groups -OCH3 is 1. The van der Waals surface area contributed by atoms with E-state index in [9.17, 15) is 9.59 Å². The smallest absolute Gasteiger partial charge is 0.310 e. The number of esters is 1. The molecule has 0 unspecified atom stereocenters. The summed E-state index contributed by atoms with van der Waals surface area (Å²) in [5, 5.41) is 3.53. The minimum absolute atomic E-state index is 0.0502. The molecule has 1 amide bonds. The number of rotatable bonds is 6. The van der Waals surface area contributed by atoms with Crippen molar-refractivity contribution in [2.75, 3.05) is 12.4 Å². The fraction of sp³-hybridized carbons (Fsp3) is 0.120. The first-order valence-electron chi connectivity index (χ1n) is 10.1. The molecule has 3 aromatic carbocycles. The van der Waals surface area contributed by atoms with Crippen LogP contribution in [0.5, 0.6) is 0 Å². The molecule has 0 atom stereocenters. The zero-order valence-corrected chi connectivity index (χ0v) is 17.5. The van der Waals surface area contributed by atoms with E-state index in [4.69, 9.17) is 10.5 Å². The van der Waals surface area contributed by atoms with Crippen LogP contribution in [0.2, 0.25) is 0 Å². The molecule has 0 fully saturated rings. The lowest BCUT2D eigenvalue weighted by atomic mass is 10.1. The number of carbonyl (C=O) groups excluding carboxylic acids is 2. The molecular weight excluding hydrogens is 404 g/mol. The predicted octanol–water partition coefficient (Wildman–Crippen LogP) is 3.72. The topological polar surface area (TPSA) is 107 Å². The van der Waals surface area contributed by atoms with Crippen molar-refractivity contribution in [2.24, 2.45) is 5.73 Å². The average molecular weight is 426 g/mol. The van der Waals surface area contributed by atoms with Gasteiger partial charge in [0.05, 0.1) is 19.0 Å². The van der Waals surface area contributed by atoms with Crippen molar-refractivity contribution in [3.63, 3.8) is 0 Å². The normalized spacial score (nSPS) is 10.7. The molecule has 0 bridgehead atoms. The highest BCUT2D eigenvalue weighted by Crippen LogP contribution is 2.24. The van der Waals surface area contributed by atoms with Crippen molar-refractivity contribution < 1.29 is 14.3 Å². The summed E-state index contributed by atoms with van der Waals surface area (Å²) in [7, 11) is 1.33. The van der Waals surface area contributed by atoms with Gasteiger partial charge in [-0.05, 0) is 29.3 Å². The zero-order chi connectivity index (χ0) is 22.5. The van der Waals surface area contributed by atoms with Crippen molar-refractivity contribution in [3.05, 3.63) is 89.6 Å². The molecule has 0 aliphatic rings. The molecule has 0 saturated heterocycles. The fourth-order valence-electron chi connectivity index (χ4n) is 3.42. The van der Waals surface area contributed by atoms with Crippen LogP contribution >= 0.6 is 0 Å². The molecule has 0 radical (unpaired) electrons. The first-order chi connectivity index (χ1) is 15.6. The number of aromatic nitrogens is 2. The van der Waals surface area contributed by atoms with Crippen LogP contribution in [0.4, 0.5) is 5.69 Å². The van der Waals surface area contributed by atoms with Gasteiger partial charge in [0, 0.05) is 23.2 Å². The summed E-state index contributed by atoms with van der Waals surface area (Å²) in [5.41, 5.74) is 9.58. The number of hydrogen-bond donors (Lipinski definition) is 2.